The number of carboxylic acids is 2. The number of aliphatic carboxylic acids is 2. The van der Waals surface area contributed by atoms with E-state index in [4.69, 9.17) is 51.1 Å². The van der Waals surface area contributed by atoms with Gasteiger partial charge in [-0.3, -0.25) is 24.7 Å². The summed E-state index contributed by atoms with van der Waals surface area (Å²) in [5, 5.41) is 107. The van der Waals surface area contributed by atoms with Gasteiger partial charge in [0.1, 0.15) is 60.0 Å². The smallest absolute Gasteiger partial charge is 0.547 e. The minimum atomic E-state index is -2.31. The number of fused-ring (bicyclic) bond motifs is 1. The molecule has 0 saturated carbocycles. The Balaban J connectivity index is 0. The van der Waals surface area contributed by atoms with Crippen molar-refractivity contribution in [2.75, 3.05) is 13.2 Å². The van der Waals surface area contributed by atoms with Gasteiger partial charge in [-0.15, -0.1) is 0 Å². The number of carbonyl (C=O) groups is 2. The number of carboxylic acid groups (broad SMARTS) is 2. The van der Waals surface area contributed by atoms with E-state index in [1.807, 2.05) is 4.98 Å². The molecule has 8 atom stereocenters. The Morgan fingerprint density at radius 1 is 0.615 bits per heavy atom. The zero-order chi connectivity index (χ0) is 29.9. The molecule has 22 heteroatoms. The van der Waals surface area contributed by atoms with Gasteiger partial charge in [-0.1, -0.05) is 0 Å². The van der Waals surface area contributed by atoms with Crippen LogP contribution in [0.2, 0.25) is 0 Å². The molecule has 2 aromatic rings. The van der Waals surface area contributed by atoms with Crippen LogP contribution >= 0.6 is 0 Å². The van der Waals surface area contributed by atoms with Crippen molar-refractivity contribution in [2.45, 2.75) is 48.8 Å². The van der Waals surface area contributed by atoms with E-state index in [1.54, 1.807) is 0 Å². The van der Waals surface area contributed by atoms with Crippen LogP contribution in [0.5, 0.6) is 0 Å². The summed E-state index contributed by atoms with van der Waals surface area (Å²) >= 11 is 0. The molecule has 0 aliphatic heterocycles. The number of aliphatic hydroxyl groups excluding tert-OH is 10. The Morgan fingerprint density at radius 2 is 0.949 bits per heavy atom. The maximum Gasteiger partial charge on any atom is 2.00 e. The first-order chi connectivity index (χ1) is 17.5. The number of imidazole rings is 1. The van der Waals surface area contributed by atoms with E-state index in [-0.39, 0.29) is 28.2 Å². The van der Waals surface area contributed by atoms with Gasteiger partial charge in [0.05, 0.1) is 25.2 Å². The normalized spacial score (nSPS) is 16.9. The Morgan fingerprint density at radius 3 is 1.26 bits per heavy atom. The molecular formula is C17H26MnN4O17. The third-order valence-corrected chi connectivity index (χ3v) is 4.41. The van der Waals surface area contributed by atoms with Crippen LogP contribution in [-0.2, 0) is 26.7 Å². The molecule has 0 amide bonds. The van der Waals surface area contributed by atoms with Crippen LogP contribution in [0.4, 0.5) is 0 Å². The van der Waals surface area contributed by atoms with Gasteiger partial charge >= 0.3 is 28.4 Å². The van der Waals surface area contributed by atoms with Gasteiger partial charge in [0.15, 0.2) is 0 Å². The van der Waals surface area contributed by atoms with Crippen LogP contribution in [0.15, 0.2) is 14.4 Å². The minimum Gasteiger partial charge on any atom is -0.547 e. The molecule has 14 N–H and O–H groups in total. The average molecular weight is 613 g/mol. The van der Waals surface area contributed by atoms with Crippen LogP contribution in [-0.4, -0.2) is 145 Å². The molecule has 8 unspecified atom stereocenters. The van der Waals surface area contributed by atoms with Gasteiger partial charge in [-0.25, -0.2) is 9.59 Å². The number of hydrogen-bond acceptors (Lipinski definition) is 17. The fraction of sp³-hybridized carbons (Fsp3) is 0.588. The second-order valence-corrected chi connectivity index (χ2v) is 7.23. The first-order valence-corrected chi connectivity index (χ1v) is 10.0. The minimum absolute atomic E-state index is 0. The quantitative estimate of drug-likeness (QED) is 0.111. The molecular weight excluding hydrogens is 587 g/mol. The molecule has 2 heterocycles. The number of nitrogens with one attached hydrogen (secondary N) is 4. The van der Waals surface area contributed by atoms with Crippen molar-refractivity contribution in [3.05, 3.63) is 31.3 Å². The summed E-state index contributed by atoms with van der Waals surface area (Å²) in [7, 11) is 0. The van der Waals surface area contributed by atoms with Gasteiger partial charge in [0.2, 0.25) is 0 Å². The average Bonchev–Trinajstić information content (AvgIpc) is 3.25. The summed E-state index contributed by atoms with van der Waals surface area (Å²) in [6.07, 6.45) is -16.2. The van der Waals surface area contributed by atoms with E-state index in [0.717, 1.165) is 0 Å². The fourth-order valence-electron chi connectivity index (χ4n) is 2.28. The number of rotatable bonds is 10. The molecule has 0 aliphatic rings. The van der Waals surface area contributed by atoms with E-state index >= 15 is 0 Å². The van der Waals surface area contributed by atoms with Crippen LogP contribution in [0.1, 0.15) is 0 Å². The maximum atomic E-state index is 10.9. The van der Waals surface area contributed by atoms with Crippen molar-refractivity contribution in [2.24, 2.45) is 0 Å². The van der Waals surface area contributed by atoms with Crippen molar-refractivity contribution in [3.63, 3.8) is 0 Å². The first kappa shape index (κ1) is 38.2. The third kappa shape index (κ3) is 11.7. The monoisotopic (exact) mass is 613 g/mol. The second-order valence-electron chi connectivity index (χ2n) is 7.23. The van der Waals surface area contributed by atoms with Gasteiger partial charge in [-0.05, 0) is 0 Å². The van der Waals surface area contributed by atoms with E-state index in [0.29, 0.717) is 0 Å². The van der Waals surface area contributed by atoms with Crippen molar-refractivity contribution < 1.29 is 87.9 Å². The SMILES string of the molecule is O=C([O-])C(O)C(O)C(O)C(O)CO.O=C([O-])C(O)C(O)C(O)C(O)CO.O=c1[nH]c(=O)c2[nH]c(=O)[nH]c2[nH]1.[Mn+2]. The summed E-state index contributed by atoms with van der Waals surface area (Å²) in [6.45, 7) is -1.73. The van der Waals surface area contributed by atoms with Crippen LogP contribution < -0.4 is 27.2 Å². The summed E-state index contributed by atoms with van der Waals surface area (Å²) in [5.41, 5.74) is -1.65. The molecule has 0 fully saturated rings. The van der Waals surface area contributed by atoms with Gasteiger partial charge in [0.25, 0.3) is 5.56 Å². The Kier molecular flexibility index (Phi) is 17.2. The number of aliphatic hydroxyl groups is 10. The summed E-state index contributed by atoms with van der Waals surface area (Å²) in [4.78, 5) is 60.9. The molecule has 0 aromatic carbocycles. The van der Waals surface area contributed by atoms with Crippen molar-refractivity contribution in [1.82, 2.24) is 19.9 Å². The number of aromatic amines is 4. The topological polar surface area (TPSA) is 397 Å². The zero-order valence-corrected chi connectivity index (χ0v) is 20.4. The fourth-order valence-corrected chi connectivity index (χ4v) is 2.28. The van der Waals surface area contributed by atoms with E-state index in [2.05, 4.69) is 15.0 Å². The summed E-state index contributed by atoms with van der Waals surface area (Å²) in [5.74, 6) is -3.95. The largest absolute Gasteiger partial charge is 2.00 e. The maximum absolute atomic E-state index is 10.9. The molecule has 2 rings (SSSR count). The predicted octanol–water partition coefficient (Wildman–Crippen LogP) is -11.4. The zero-order valence-electron chi connectivity index (χ0n) is 19.2. The predicted molar refractivity (Wildman–Crippen MR) is 112 cm³/mol. The van der Waals surface area contributed by atoms with Gasteiger partial charge in [-0.2, -0.15) is 0 Å². The van der Waals surface area contributed by atoms with Gasteiger partial charge < -0.3 is 70.9 Å². The number of hydrogen-bond donors (Lipinski definition) is 14. The van der Waals surface area contributed by atoms with E-state index in [9.17, 15) is 34.2 Å². The number of carbonyl (C=O) groups excluding carboxylic acids is 2. The van der Waals surface area contributed by atoms with E-state index < -0.39 is 90.9 Å². The van der Waals surface area contributed by atoms with Crippen molar-refractivity contribution in [3.8, 4) is 0 Å². The Bertz CT molecular complexity index is 1160. The summed E-state index contributed by atoms with van der Waals surface area (Å²) in [6, 6.07) is 0. The third-order valence-electron chi connectivity index (χ3n) is 4.41. The van der Waals surface area contributed by atoms with Gasteiger partial charge in [0, 0.05) is 0 Å². The molecule has 2 aromatic heterocycles. The van der Waals surface area contributed by atoms with Crippen LogP contribution in [0.3, 0.4) is 0 Å². The van der Waals surface area contributed by atoms with Crippen molar-refractivity contribution in [1.29, 1.82) is 0 Å². The standard InChI is InChI=1S/2C6H12O7.C5H4N4O3.Mn/c2*7-1-2(8)3(9)4(10)5(11)6(12)13;10-3-1-2(7-4(11)6-1)8-5(12)9-3;/h2*2-5,7-11H,1H2,(H,12,13);(H4,6,7,8,9,10,11,12);/q;;;+2/p-2. The Labute approximate surface area is 224 Å². The van der Waals surface area contributed by atoms with Crippen LogP contribution in [0.25, 0.3) is 11.2 Å². The van der Waals surface area contributed by atoms with Crippen molar-refractivity contribution >= 4 is 23.1 Å². The molecule has 223 valence electrons. The molecule has 21 nitrogen and oxygen atoms in total. The molecule has 0 bridgehead atoms. The first-order valence-electron chi connectivity index (χ1n) is 10.0. The number of H-pyrrole nitrogens is 4. The molecule has 0 aliphatic carbocycles. The van der Waals surface area contributed by atoms with Crippen LogP contribution in [0, 0.1) is 0 Å². The summed E-state index contributed by atoms with van der Waals surface area (Å²) < 4.78 is 0. The van der Waals surface area contributed by atoms with E-state index in [1.165, 1.54) is 0 Å². The Hall–Kier alpha value is -2.99. The molecule has 0 saturated heterocycles. The molecule has 39 heavy (non-hydrogen) atoms. The second kappa shape index (κ2) is 17.6. The number of aromatic nitrogens is 4. The molecule has 1 radical (unpaired) electrons. The molecule has 0 spiro atoms.